The Morgan fingerprint density at radius 2 is 1.59 bits per heavy atom. The summed E-state index contributed by atoms with van der Waals surface area (Å²) in [6.45, 7) is 0. The van der Waals surface area contributed by atoms with Crippen LogP contribution >= 0.6 is 0 Å². The highest BCUT2D eigenvalue weighted by atomic mass is 16.1. The van der Waals surface area contributed by atoms with E-state index in [-0.39, 0.29) is 5.78 Å². The summed E-state index contributed by atoms with van der Waals surface area (Å²) in [4.78, 5) is 17.9. The van der Waals surface area contributed by atoms with E-state index in [0.29, 0.717) is 6.42 Å². The second-order valence-corrected chi connectivity index (χ2v) is 5.51. The van der Waals surface area contributed by atoms with Crippen molar-refractivity contribution in [2.24, 2.45) is 0 Å². The van der Waals surface area contributed by atoms with Crippen molar-refractivity contribution in [2.45, 2.75) is 12.8 Å². The predicted molar refractivity (Wildman–Crippen MR) is 89.2 cm³/mol. The second kappa shape index (κ2) is 5.19. The van der Waals surface area contributed by atoms with E-state index in [2.05, 4.69) is 28.2 Å². The summed E-state index contributed by atoms with van der Waals surface area (Å²) in [7, 11) is 0. The first-order chi connectivity index (χ1) is 10.8. The van der Waals surface area contributed by atoms with Gasteiger partial charge in [0.05, 0.1) is 0 Å². The minimum Gasteiger partial charge on any atom is -0.361 e. The zero-order chi connectivity index (χ0) is 14.9. The summed E-state index contributed by atoms with van der Waals surface area (Å²) in [5.41, 5.74) is 4.33. The van der Waals surface area contributed by atoms with Gasteiger partial charge in [0, 0.05) is 40.3 Å². The molecule has 0 aliphatic heterocycles. The third-order valence-corrected chi connectivity index (χ3v) is 4.13. The van der Waals surface area contributed by atoms with Crippen LogP contribution in [0.1, 0.15) is 22.5 Å². The highest BCUT2D eigenvalue weighted by Crippen LogP contribution is 2.29. The van der Waals surface area contributed by atoms with Gasteiger partial charge in [-0.1, -0.05) is 36.4 Å². The van der Waals surface area contributed by atoms with Crippen LogP contribution in [0.3, 0.4) is 0 Å². The van der Waals surface area contributed by atoms with Crippen molar-refractivity contribution >= 4 is 27.6 Å². The third-order valence-electron chi connectivity index (χ3n) is 4.13. The molecule has 0 unspecified atom stereocenters. The molecule has 22 heavy (non-hydrogen) atoms. The van der Waals surface area contributed by atoms with Gasteiger partial charge in [0.15, 0.2) is 5.78 Å². The highest BCUT2D eigenvalue weighted by Gasteiger charge is 2.23. The average Bonchev–Trinajstić information content (AvgIpc) is 3.24. The molecule has 1 aliphatic rings. The summed E-state index contributed by atoms with van der Waals surface area (Å²) >= 11 is 0. The van der Waals surface area contributed by atoms with Crippen molar-refractivity contribution in [2.75, 3.05) is 0 Å². The van der Waals surface area contributed by atoms with Crippen molar-refractivity contribution in [1.29, 1.82) is 0 Å². The molecule has 3 heteroatoms. The van der Waals surface area contributed by atoms with Crippen molar-refractivity contribution in [3.05, 3.63) is 72.1 Å². The first kappa shape index (κ1) is 12.9. The molecule has 1 aliphatic carbocycles. The summed E-state index contributed by atoms with van der Waals surface area (Å²) in [6.07, 6.45) is 3.50. The number of H-pyrrole nitrogens is 2. The molecular weight excluding hydrogens is 272 g/mol. The number of rotatable bonds is 0. The van der Waals surface area contributed by atoms with E-state index in [0.717, 1.165) is 28.6 Å². The minimum absolute atomic E-state index is 0.285. The number of aromatic nitrogens is 2. The fourth-order valence-corrected chi connectivity index (χ4v) is 3.06. The predicted octanol–water partition coefficient (Wildman–Crippen LogP) is 4.46. The van der Waals surface area contributed by atoms with Crippen LogP contribution in [0.4, 0.5) is 0 Å². The van der Waals surface area contributed by atoms with Crippen molar-refractivity contribution in [1.82, 2.24) is 9.97 Å². The van der Waals surface area contributed by atoms with Gasteiger partial charge in [-0.05, 0) is 30.0 Å². The fourth-order valence-electron chi connectivity index (χ4n) is 3.06. The summed E-state index contributed by atoms with van der Waals surface area (Å²) in [5.74, 6) is 0.285. The SMILES string of the molecule is O=C1CCc2[nH]c3ccccc3c21.c1ccc2[nH]ccc2c1. The quantitative estimate of drug-likeness (QED) is 0.493. The number of hydrogen-bond donors (Lipinski definition) is 2. The Morgan fingerprint density at radius 1 is 0.818 bits per heavy atom. The van der Waals surface area contributed by atoms with Gasteiger partial charge in [-0.15, -0.1) is 0 Å². The van der Waals surface area contributed by atoms with Crippen LogP contribution in [0.25, 0.3) is 21.8 Å². The van der Waals surface area contributed by atoms with E-state index in [1.54, 1.807) is 0 Å². The summed E-state index contributed by atoms with van der Waals surface area (Å²) in [5, 5.41) is 2.36. The molecule has 2 aromatic carbocycles. The first-order valence-electron chi connectivity index (χ1n) is 7.48. The van der Waals surface area contributed by atoms with E-state index in [1.165, 1.54) is 10.9 Å². The number of aryl methyl sites for hydroxylation is 1. The number of hydrogen-bond acceptors (Lipinski definition) is 1. The Kier molecular flexibility index (Phi) is 3.04. The molecule has 0 bridgehead atoms. The number of ketones is 1. The molecule has 0 atom stereocenters. The molecule has 108 valence electrons. The smallest absolute Gasteiger partial charge is 0.165 e. The number of para-hydroxylation sites is 2. The monoisotopic (exact) mass is 288 g/mol. The maximum absolute atomic E-state index is 11.5. The maximum atomic E-state index is 11.5. The molecule has 0 radical (unpaired) electrons. The number of nitrogens with one attached hydrogen (secondary N) is 2. The standard InChI is InChI=1S/C11H9NO.C8H7N/c13-10-6-5-9-11(10)7-3-1-2-4-8(7)12-9;1-2-4-8-7(3-1)5-6-9-8/h1-4,12H,5-6H2;1-6,9H. The topological polar surface area (TPSA) is 48.6 Å². The third kappa shape index (κ3) is 2.11. The van der Waals surface area contributed by atoms with Gasteiger partial charge in [-0.3, -0.25) is 4.79 Å². The zero-order valence-corrected chi connectivity index (χ0v) is 12.1. The fraction of sp³-hybridized carbons (Fsp3) is 0.105. The lowest BCUT2D eigenvalue weighted by Gasteiger charge is -1.90. The lowest BCUT2D eigenvalue weighted by molar-refractivity contribution is 0.0996. The van der Waals surface area contributed by atoms with Crippen LogP contribution in [0.15, 0.2) is 60.8 Å². The molecule has 2 aromatic heterocycles. The number of aromatic amines is 2. The maximum Gasteiger partial charge on any atom is 0.165 e. The molecule has 4 aromatic rings. The van der Waals surface area contributed by atoms with Gasteiger partial charge < -0.3 is 9.97 Å². The van der Waals surface area contributed by atoms with Gasteiger partial charge in [-0.25, -0.2) is 0 Å². The molecule has 0 saturated heterocycles. The Morgan fingerprint density at radius 3 is 2.45 bits per heavy atom. The van der Waals surface area contributed by atoms with E-state index in [9.17, 15) is 4.79 Å². The van der Waals surface area contributed by atoms with Gasteiger partial charge in [0.25, 0.3) is 0 Å². The average molecular weight is 288 g/mol. The van der Waals surface area contributed by atoms with Gasteiger partial charge >= 0.3 is 0 Å². The van der Waals surface area contributed by atoms with Crippen molar-refractivity contribution in [3.63, 3.8) is 0 Å². The number of Topliss-reactive ketones (excluding diaryl/α,β-unsaturated/α-hetero) is 1. The van der Waals surface area contributed by atoms with Crippen molar-refractivity contribution < 1.29 is 4.79 Å². The molecule has 0 saturated carbocycles. The molecule has 5 rings (SSSR count). The van der Waals surface area contributed by atoms with Gasteiger partial charge in [-0.2, -0.15) is 0 Å². The van der Waals surface area contributed by atoms with Gasteiger partial charge in [0.1, 0.15) is 0 Å². The summed E-state index contributed by atoms with van der Waals surface area (Å²) < 4.78 is 0. The Hall–Kier alpha value is -2.81. The number of fused-ring (bicyclic) bond motifs is 4. The Labute approximate surface area is 128 Å². The minimum atomic E-state index is 0.285. The molecule has 0 fully saturated rings. The Bertz CT molecular complexity index is 932. The van der Waals surface area contributed by atoms with Crippen LogP contribution in [0, 0.1) is 0 Å². The van der Waals surface area contributed by atoms with Crippen LogP contribution in [0.2, 0.25) is 0 Å². The van der Waals surface area contributed by atoms with Crippen molar-refractivity contribution in [3.8, 4) is 0 Å². The van der Waals surface area contributed by atoms with Crippen LogP contribution in [0.5, 0.6) is 0 Å². The van der Waals surface area contributed by atoms with E-state index in [1.807, 2.05) is 42.6 Å². The largest absolute Gasteiger partial charge is 0.361 e. The van der Waals surface area contributed by atoms with E-state index >= 15 is 0 Å². The molecule has 0 spiro atoms. The Balaban J connectivity index is 0.000000122. The van der Waals surface area contributed by atoms with Crippen LogP contribution < -0.4 is 0 Å². The van der Waals surface area contributed by atoms with E-state index < -0.39 is 0 Å². The summed E-state index contributed by atoms with van der Waals surface area (Å²) in [6, 6.07) is 18.3. The highest BCUT2D eigenvalue weighted by molar-refractivity contribution is 6.11. The first-order valence-corrected chi connectivity index (χ1v) is 7.48. The molecule has 3 nitrogen and oxygen atoms in total. The lowest BCUT2D eigenvalue weighted by Crippen LogP contribution is -1.89. The number of carbonyl (C=O) groups is 1. The molecule has 2 N–H and O–H groups in total. The molecule has 0 amide bonds. The van der Waals surface area contributed by atoms with Crippen LogP contribution in [-0.2, 0) is 6.42 Å². The molecule has 2 heterocycles. The normalized spacial score (nSPS) is 13.2. The van der Waals surface area contributed by atoms with E-state index in [4.69, 9.17) is 0 Å². The second-order valence-electron chi connectivity index (χ2n) is 5.51. The zero-order valence-electron chi connectivity index (χ0n) is 12.1. The number of carbonyl (C=O) groups excluding carboxylic acids is 1. The lowest BCUT2D eigenvalue weighted by atomic mass is 10.1. The molecular formula is C19H16N2O. The van der Waals surface area contributed by atoms with Crippen LogP contribution in [-0.4, -0.2) is 15.8 Å². The number of benzene rings is 2. The van der Waals surface area contributed by atoms with Gasteiger partial charge in [0.2, 0.25) is 0 Å².